The highest BCUT2D eigenvalue weighted by atomic mass is 15.2. The highest BCUT2D eigenvalue weighted by Gasteiger charge is 2.37. The predicted octanol–water partition coefficient (Wildman–Crippen LogP) is 15.9. The number of fused-ring (bicyclic) bond motifs is 12. The average molecular weight is 1050 g/mol. The van der Waals surface area contributed by atoms with Crippen LogP contribution in [-0.4, -0.2) is 58.1 Å². The molecule has 10 heterocycles. The van der Waals surface area contributed by atoms with E-state index in [4.69, 9.17) is 39.9 Å². The molecule has 7 aromatic carbocycles. The number of para-hydroxylation sites is 4. The maximum Gasteiger partial charge on any atom is 0.167 e. The van der Waals surface area contributed by atoms with Crippen LogP contribution in [0.1, 0.15) is 0 Å². The van der Waals surface area contributed by atoms with Crippen LogP contribution in [0.2, 0.25) is 0 Å². The maximum atomic E-state index is 5.76. The summed E-state index contributed by atoms with van der Waals surface area (Å²) < 4.78 is 9.60. The summed E-state index contributed by atoms with van der Waals surface area (Å²) in [5.74, 6) is 1.44. The van der Waals surface area contributed by atoms with Crippen LogP contribution >= 0.6 is 0 Å². The largest absolute Gasteiger partial charge is 0.305 e. The summed E-state index contributed by atoms with van der Waals surface area (Å²) in [5, 5.41) is 8.36. The topological polar surface area (TPSA) is 123 Å². The fourth-order valence-electron chi connectivity index (χ4n) is 12.7. The third-order valence-electron chi connectivity index (χ3n) is 16.0. The zero-order valence-corrected chi connectivity index (χ0v) is 43.6. The van der Waals surface area contributed by atoms with Crippen LogP contribution in [0, 0.1) is 0 Å². The predicted molar refractivity (Wildman–Crippen MR) is 328 cm³/mol. The molecular weight excluding hydrogens is 1010 g/mol. The minimum atomic E-state index is 0.425. The molecule has 0 atom stereocenters. The van der Waals surface area contributed by atoms with Gasteiger partial charge in [-0.05, 0) is 60.7 Å². The molecule has 0 radical (unpaired) electrons. The molecular formula is C70H42N12. The average Bonchev–Trinajstić information content (AvgIpc) is 2.35. The van der Waals surface area contributed by atoms with Gasteiger partial charge in [-0.3, -0.25) is 24.9 Å². The molecule has 0 saturated heterocycles. The minimum absolute atomic E-state index is 0.425. The molecule has 82 heavy (non-hydrogen) atoms. The van der Waals surface area contributed by atoms with Gasteiger partial charge in [-0.1, -0.05) is 140 Å². The summed E-state index contributed by atoms with van der Waals surface area (Å²) in [6, 6.07) is 69.5. The molecule has 0 spiro atoms. The van der Waals surface area contributed by atoms with Gasteiger partial charge in [0, 0.05) is 90.8 Å². The smallest absolute Gasteiger partial charge is 0.167 e. The summed E-state index contributed by atoms with van der Waals surface area (Å²) in [6.45, 7) is 0. The summed E-state index contributed by atoms with van der Waals surface area (Å²) in [7, 11) is 0. The van der Waals surface area contributed by atoms with Crippen molar-refractivity contribution in [3.05, 3.63) is 256 Å². The second-order valence-electron chi connectivity index (χ2n) is 20.4. The first kappa shape index (κ1) is 45.5. The van der Waals surface area contributed by atoms with Gasteiger partial charge in [0.05, 0.1) is 103 Å². The molecule has 0 aliphatic heterocycles. The fourth-order valence-corrected chi connectivity index (χ4v) is 12.7. The van der Waals surface area contributed by atoms with Crippen molar-refractivity contribution in [2.75, 3.05) is 0 Å². The van der Waals surface area contributed by atoms with Crippen LogP contribution in [0.25, 0.3) is 155 Å². The van der Waals surface area contributed by atoms with Crippen LogP contribution < -0.4 is 0 Å². The van der Waals surface area contributed by atoms with Crippen LogP contribution in [0.5, 0.6) is 0 Å². The third kappa shape index (κ3) is 6.66. The van der Waals surface area contributed by atoms with Gasteiger partial charge in [-0.15, -0.1) is 0 Å². The molecule has 0 unspecified atom stereocenters. The summed E-state index contributed by atoms with van der Waals surface area (Å²) in [5.41, 5.74) is 14.4. The highest BCUT2D eigenvalue weighted by Crippen LogP contribution is 2.54. The Bertz CT molecular complexity index is 5140. The number of benzene rings is 7. The Balaban J connectivity index is 1.26. The number of hydrogen-bond acceptors (Lipinski definition) is 8. The Hall–Kier alpha value is -11.5. The summed E-state index contributed by atoms with van der Waals surface area (Å²) in [4.78, 5) is 42.1. The molecule has 0 bridgehead atoms. The van der Waals surface area contributed by atoms with Crippen LogP contribution in [-0.2, 0) is 0 Å². The van der Waals surface area contributed by atoms with Gasteiger partial charge in [-0.2, -0.15) is 0 Å². The quantitative estimate of drug-likeness (QED) is 0.147. The molecule has 17 rings (SSSR count). The van der Waals surface area contributed by atoms with E-state index in [0.29, 0.717) is 28.7 Å². The van der Waals surface area contributed by atoms with Gasteiger partial charge in [0.1, 0.15) is 0 Å². The second-order valence-corrected chi connectivity index (χ2v) is 20.4. The Kier molecular flexibility index (Phi) is 10.0. The Morgan fingerprint density at radius 3 is 0.927 bits per heavy atom. The van der Waals surface area contributed by atoms with Gasteiger partial charge in [0.2, 0.25) is 0 Å². The number of aromatic nitrogens is 12. The Morgan fingerprint density at radius 1 is 0.232 bits per heavy atom. The van der Waals surface area contributed by atoms with E-state index in [1.807, 2.05) is 98.2 Å². The molecule has 0 saturated carbocycles. The van der Waals surface area contributed by atoms with Crippen molar-refractivity contribution in [2.24, 2.45) is 0 Å². The number of hydrogen-bond donors (Lipinski definition) is 0. The molecule has 382 valence electrons. The van der Waals surface area contributed by atoms with Crippen molar-refractivity contribution in [3.63, 3.8) is 0 Å². The molecule has 0 fully saturated rings. The molecule has 0 aliphatic carbocycles. The number of pyridine rings is 5. The van der Waals surface area contributed by atoms with Gasteiger partial charge < -0.3 is 18.3 Å². The number of nitrogens with zero attached hydrogens (tertiary/aromatic N) is 12. The fraction of sp³-hybridized carbons (Fsp3) is 0. The van der Waals surface area contributed by atoms with Crippen LogP contribution in [0.15, 0.2) is 256 Å². The van der Waals surface area contributed by atoms with E-state index in [-0.39, 0.29) is 0 Å². The highest BCUT2D eigenvalue weighted by molar-refractivity contribution is 6.18. The molecule has 12 nitrogen and oxygen atoms in total. The molecule has 0 aliphatic rings. The number of rotatable bonds is 8. The zero-order valence-electron chi connectivity index (χ0n) is 43.6. The monoisotopic (exact) mass is 1050 g/mol. The van der Waals surface area contributed by atoms with E-state index < -0.39 is 0 Å². The van der Waals surface area contributed by atoms with E-state index in [1.54, 1.807) is 0 Å². The molecule has 10 aromatic heterocycles. The minimum Gasteiger partial charge on any atom is -0.305 e. The lowest BCUT2D eigenvalue weighted by molar-refractivity contribution is 1.01. The first-order chi connectivity index (χ1) is 40.8. The van der Waals surface area contributed by atoms with Crippen molar-refractivity contribution in [1.82, 2.24) is 58.1 Å². The van der Waals surface area contributed by atoms with E-state index >= 15 is 0 Å². The van der Waals surface area contributed by atoms with Gasteiger partial charge in [0.25, 0.3) is 0 Å². The molecule has 0 amide bonds. The van der Waals surface area contributed by atoms with Crippen molar-refractivity contribution in [2.45, 2.75) is 0 Å². The van der Waals surface area contributed by atoms with Crippen molar-refractivity contribution >= 4 is 87.2 Å². The lowest BCUT2D eigenvalue weighted by atomic mass is 9.93. The van der Waals surface area contributed by atoms with E-state index in [2.05, 4.69) is 176 Å². The SMILES string of the molecule is c1ccc(-c2nc(-c3ccccc3)nc(-c3c(-c4ccccn4)c(-n4c5ccccc5c5ccncc54)c(-n4c5ccccc5c5ccncc54)c(-n4c5ccccc5c5ccncc54)c3-n3c4ccccc4c4ccncc43)n2)cc1. The molecule has 12 heteroatoms. The summed E-state index contributed by atoms with van der Waals surface area (Å²) >= 11 is 0. The summed E-state index contributed by atoms with van der Waals surface area (Å²) in [6.07, 6.45) is 17.3. The van der Waals surface area contributed by atoms with E-state index in [9.17, 15) is 0 Å². The van der Waals surface area contributed by atoms with Crippen molar-refractivity contribution in [3.8, 4) is 68.2 Å². The van der Waals surface area contributed by atoms with Gasteiger partial charge >= 0.3 is 0 Å². The second kappa shape index (κ2) is 18.0. The Labute approximate surface area is 467 Å². The molecule has 17 aromatic rings. The first-order valence-electron chi connectivity index (χ1n) is 27.1. The Morgan fingerprint density at radius 2 is 0.549 bits per heavy atom. The maximum absolute atomic E-state index is 5.76. The first-order valence-corrected chi connectivity index (χ1v) is 27.1. The van der Waals surface area contributed by atoms with E-state index in [0.717, 1.165) is 127 Å². The van der Waals surface area contributed by atoms with Crippen molar-refractivity contribution in [1.29, 1.82) is 0 Å². The lowest BCUT2D eigenvalue weighted by Gasteiger charge is -2.30. The zero-order chi connectivity index (χ0) is 53.8. The van der Waals surface area contributed by atoms with E-state index in [1.165, 1.54) is 0 Å². The normalized spacial score (nSPS) is 11.9. The van der Waals surface area contributed by atoms with Gasteiger partial charge in [-0.25, -0.2) is 15.0 Å². The molecule has 0 N–H and O–H groups in total. The van der Waals surface area contributed by atoms with Crippen LogP contribution in [0.3, 0.4) is 0 Å². The standard InChI is InChI=1S/C70H42N12/c1-3-17-43(18-4-1)68-76-69(44-19-5-2-6-20-44)78-70(77-68)63-62(53-25-15-16-34-75-53)64(79-54-26-11-7-21-45(54)49-30-35-71-39-58(49)79)66(81-56-28-13-9-23-47(56)51-32-37-73-41-60(51)81)67(82-57-29-14-10-24-48(57)52-33-38-74-42-61(52)82)65(63)80-55-27-12-8-22-46(55)50-31-36-72-40-59(50)80/h1-42H. The lowest BCUT2D eigenvalue weighted by Crippen LogP contribution is -2.17. The van der Waals surface area contributed by atoms with Crippen LogP contribution in [0.4, 0.5) is 0 Å². The van der Waals surface area contributed by atoms with Crippen molar-refractivity contribution < 1.29 is 0 Å². The van der Waals surface area contributed by atoms with Gasteiger partial charge in [0.15, 0.2) is 17.5 Å². The third-order valence-corrected chi connectivity index (χ3v) is 16.0.